The molecule has 2 aliphatic rings. The zero-order valence-corrected chi connectivity index (χ0v) is 18.3. The third kappa shape index (κ3) is 3.00. The molecule has 2 aliphatic heterocycles. The van der Waals surface area contributed by atoms with Crippen LogP contribution in [0.1, 0.15) is 20.8 Å². The van der Waals surface area contributed by atoms with E-state index in [0.717, 1.165) is 17.3 Å². The van der Waals surface area contributed by atoms with Gasteiger partial charge in [-0.3, -0.25) is 19.1 Å². The number of rotatable bonds is 3. The third-order valence-corrected chi connectivity index (χ3v) is 8.48. The Morgan fingerprint density at radius 3 is 2.46 bits per heavy atom. The molecule has 138 valence electrons. The number of hydrogen-bond donors (Lipinski definition) is 0. The minimum absolute atomic E-state index is 0.0882. The number of carbonyl (C=O) groups is 1. The standard InChI is InChI=1S/C17H19N3O2S4/c1-6-8-20-14(22)12(15-19(7-2)9(3)10(4)24-15)25-16(20)11-13(21)18(5)17(23)26-11/h6H,1,7-8H2,2-5H3. The Bertz CT molecular complexity index is 1030. The maximum Gasteiger partial charge on any atom is 0.272 e. The predicted octanol–water partition coefficient (Wildman–Crippen LogP) is 2.08. The molecule has 1 saturated heterocycles. The second-order valence-corrected chi connectivity index (χ2v) is 9.64. The number of amides is 1. The first kappa shape index (κ1) is 19.5. The molecule has 0 spiro atoms. The van der Waals surface area contributed by atoms with Crippen LogP contribution in [-0.4, -0.2) is 38.2 Å². The molecule has 1 fully saturated rings. The Hall–Kier alpha value is -1.29. The summed E-state index contributed by atoms with van der Waals surface area (Å²) < 4.78 is 3.44. The molecule has 3 heterocycles. The first-order valence-corrected chi connectivity index (χ1v) is 10.9. The number of aromatic nitrogens is 1. The maximum absolute atomic E-state index is 13.1. The summed E-state index contributed by atoms with van der Waals surface area (Å²) in [6.45, 7) is 11.1. The van der Waals surface area contributed by atoms with Gasteiger partial charge in [-0.05, 0) is 20.8 Å². The van der Waals surface area contributed by atoms with Gasteiger partial charge in [0.25, 0.3) is 11.5 Å². The number of allylic oxidation sites excluding steroid dienone is 3. The molecule has 26 heavy (non-hydrogen) atoms. The number of nitrogens with zero attached hydrogens (tertiary/aromatic N) is 3. The SMILES string of the molecule is C=CCn1c(=C2SC(=S)N(C)C2=O)sc(=C2SC(C)=C(C)N2CC)c1=O. The van der Waals surface area contributed by atoms with Crippen molar-refractivity contribution < 1.29 is 4.79 Å². The molecule has 0 atom stereocenters. The van der Waals surface area contributed by atoms with Crippen molar-refractivity contribution in [2.75, 3.05) is 13.6 Å². The summed E-state index contributed by atoms with van der Waals surface area (Å²) in [5.41, 5.74) is 1.08. The monoisotopic (exact) mass is 425 g/mol. The van der Waals surface area contributed by atoms with Crippen molar-refractivity contribution >= 4 is 67.2 Å². The van der Waals surface area contributed by atoms with Crippen LogP contribution >= 0.6 is 47.1 Å². The smallest absolute Gasteiger partial charge is 0.272 e. The lowest BCUT2D eigenvalue weighted by Crippen LogP contribution is -2.34. The van der Waals surface area contributed by atoms with Crippen LogP contribution in [0.15, 0.2) is 28.1 Å². The Kier molecular flexibility index (Phi) is 5.53. The molecule has 0 bridgehead atoms. The molecule has 1 amide bonds. The largest absolute Gasteiger partial charge is 0.338 e. The summed E-state index contributed by atoms with van der Waals surface area (Å²) in [4.78, 5) is 31.0. The van der Waals surface area contributed by atoms with Gasteiger partial charge in [0.1, 0.15) is 23.4 Å². The third-order valence-electron chi connectivity index (χ3n) is 4.27. The van der Waals surface area contributed by atoms with Crippen molar-refractivity contribution in [2.24, 2.45) is 0 Å². The van der Waals surface area contributed by atoms with E-state index in [1.165, 1.54) is 32.9 Å². The lowest BCUT2D eigenvalue weighted by atomic mass is 10.4. The minimum atomic E-state index is -0.160. The van der Waals surface area contributed by atoms with Crippen LogP contribution in [0.25, 0.3) is 9.93 Å². The fourth-order valence-corrected chi connectivity index (χ4v) is 6.53. The molecule has 0 aromatic carbocycles. The lowest BCUT2D eigenvalue weighted by Gasteiger charge is -2.17. The fraction of sp³-hybridized carbons (Fsp3) is 0.353. The minimum Gasteiger partial charge on any atom is -0.338 e. The average Bonchev–Trinajstić information content (AvgIpc) is 3.17. The molecular weight excluding hydrogens is 406 g/mol. The second-order valence-electron chi connectivity index (χ2n) is 5.80. The van der Waals surface area contributed by atoms with Gasteiger partial charge in [0.2, 0.25) is 0 Å². The average molecular weight is 426 g/mol. The zero-order chi connectivity index (χ0) is 19.2. The first-order chi connectivity index (χ1) is 12.3. The van der Waals surface area contributed by atoms with Crippen LogP contribution in [0.3, 0.4) is 0 Å². The van der Waals surface area contributed by atoms with Crippen LogP contribution in [0.4, 0.5) is 0 Å². The van der Waals surface area contributed by atoms with Gasteiger partial charge in [0.05, 0.1) is 0 Å². The zero-order valence-electron chi connectivity index (χ0n) is 15.0. The van der Waals surface area contributed by atoms with E-state index in [9.17, 15) is 9.59 Å². The molecular formula is C17H19N3O2S4. The maximum atomic E-state index is 13.1. The predicted molar refractivity (Wildman–Crippen MR) is 116 cm³/mol. The molecule has 5 nitrogen and oxygen atoms in total. The van der Waals surface area contributed by atoms with E-state index in [4.69, 9.17) is 12.2 Å². The summed E-state index contributed by atoms with van der Waals surface area (Å²) in [7, 11) is 1.66. The van der Waals surface area contributed by atoms with E-state index in [2.05, 4.69) is 32.3 Å². The fourth-order valence-electron chi connectivity index (χ4n) is 2.75. The van der Waals surface area contributed by atoms with Crippen molar-refractivity contribution in [3.8, 4) is 0 Å². The van der Waals surface area contributed by atoms with E-state index in [-0.39, 0.29) is 11.5 Å². The highest BCUT2D eigenvalue weighted by atomic mass is 32.2. The van der Waals surface area contributed by atoms with E-state index in [1.807, 2.05) is 0 Å². The van der Waals surface area contributed by atoms with Crippen LogP contribution in [0.5, 0.6) is 0 Å². The lowest BCUT2D eigenvalue weighted by molar-refractivity contribution is -0.119. The van der Waals surface area contributed by atoms with E-state index >= 15 is 0 Å². The number of thioether (sulfide) groups is 2. The highest BCUT2D eigenvalue weighted by Gasteiger charge is 2.32. The quantitative estimate of drug-likeness (QED) is 0.546. The number of carbonyl (C=O) groups excluding carboxylic acids is 1. The van der Waals surface area contributed by atoms with E-state index < -0.39 is 0 Å². The molecule has 1 aromatic rings. The molecule has 0 radical (unpaired) electrons. The van der Waals surface area contributed by atoms with Crippen molar-refractivity contribution in [3.05, 3.63) is 42.8 Å². The highest BCUT2D eigenvalue weighted by molar-refractivity contribution is 8.30. The van der Waals surface area contributed by atoms with Gasteiger partial charge in [0, 0.05) is 30.7 Å². The van der Waals surface area contributed by atoms with Gasteiger partial charge in [-0.15, -0.1) is 17.9 Å². The molecule has 9 heteroatoms. The molecule has 1 aromatic heterocycles. The summed E-state index contributed by atoms with van der Waals surface area (Å²) in [6, 6.07) is 0. The van der Waals surface area contributed by atoms with Gasteiger partial charge in [-0.2, -0.15) is 0 Å². The molecule has 0 unspecified atom stereocenters. The van der Waals surface area contributed by atoms with Crippen LogP contribution < -0.4 is 14.8 Å². The Morgan fingerprint density at radius 2 is 1.92 bits per heavy atom. The summed E-state index contributed by atoms with van der Waals surface area (Å²) in [5, 5.41) is 0.938. The van der Waals surface area contributed by atoms with Crippen LogP contribution in [0.2, 0.25) is 0 Å². The van der Waals surface area contributed by atoms with E-state index in [1.54, 1.807) is 29.5 Å². The van der Waals surface area contributed by atoms with Crippen molar-refractivity contribution in [2.45, 2.75) is 27.3 Å². The topological polar surface area (TPSA) is 45.6 Å². The summed E-state index contributed by atoms with van der Waals surface area (Å²) >= 11 is 9.46. The molecule has 0 saturated carbocycles. The van der Waals surface area contributed by atoms with Gasteiger partial charge in [-0.25, -0.2) is 0 Å². The van der Waals surface area contributed by atoms with Gasteiger partial charge < -0.3 is 4.90 Å². The molecule has 3 rings (SSSR count). The number of thiocarbonyl (C=S) groups is 1. The van der Waals surface area contributed by atoms with Crippen molar-refractivity contribution in [1.82, 2.24) is 14.4 Å². The Labute approximate surface area is 169 Å². The normalized spacial score (nSPS) is 22.2. The summed E-state index contributed by atoms with van der Waals surface area (Å²) in [5.74, 6) is -0.160. The molecule has 0 N–H and O–H groups in total. The van der Waals surface area contributed by atoms with Gasteiger partial charge in [0.15, 0.2) is 0 Å². The van der Waals surface area contributed by atoms with Crippen molar-refractivity contribution in [3.63, 3.8) is 0 Å². The van der Waals surface area contributed by atoms with Crippen LogP contribution in [0, 0.1) is 0 Å². The van der Waals surface area contributed by atoms with Gasteiger partial charge in [-0.1, -0.05) is 41.8 Å². The summed E-state index contributed by atoms with van der Waals surface area (Å²) in [6.07, 6.45) is 1.67. The van der Waals surface area contributed by atoms with E-state index in [0.29, 0.717) is 25.0 Å². The number of thiazole rings is 1. The highest BCUT2D eigenvalue weighted by Crippen LogP contribution is 2.40. The Balaban J connectivity index is 2.35. The molecule has 0 aliphatic carbocycles. The number of hydrogen-bond acceptors (Lipinski definition) is 7. The first-order valence-electron chi connectivity index (χ1n) is 8.03. The van der Waals surface area contributed by atoms with Crippen LogP contribution in [-0.2, 0) is 11.3 Å². The second kappa shape index (κ2) is 7.38. The van der Waals surface area contributed by atoms with Crippen molar-refractivity contribution in [1.29, 1.82) is 0 Å². The Morgan fingerprint density at radius 1 is 1.23 bits per heavy atom. The van der Waals surface area contributed by atoms with Gasteiger partial charge >= 0.3 is 0 Å².